The van der Waals surface area contributed by atoms with E-state index in [9.17, 15) is 9.59 Å². The van der Waals surface area contributed by atoms with Crippen LogP contribution in [-0.4, -0.2) is 29.6 Å². The zero-order valence-electron chi connectivity index (χ0n) is 9.08. The summed E-state index contributed by atoms with van der Waals surface area (Å²) in [6, 6.07) is 3.27. The summed E-state index contributed by atoms with van der Waals surface area (Å²) in [4.78, 5) is 26.0. The third-order valence-electron chi connectivity index (χ3n) is 2.65. The number of H-pyrrole nitrogens is 1. The number of aromatic nitrogens is 6. The summed E-state index contributed by atoms with van der Waals surface area (Å²) in [5, 5.41) is 19.9. The maximum Gasteiger partial charge on any atom is 0.329 e. The molecule has 0 aromatic carbocycles. The lowest BCUT2D eigenvalue weighted by molar-refractivity contribution is 0.776. The number of nitrogens with zero attached hydrogens (tertiary/aromatic N) is 6. The van der Waals surface area contributed by atoms with Crippen molar-refractivity contribution in [2.45, 2.75) is 0 Å². The molecule has 3 rings (SSSR count). The van der Waals surface area contributed by atoms with Crippen LogP contribution in [0.1, 0.15) is 5.56 Å². The summed E-state index contributed by atoms with van der Waals surface area (Å²) in [5.74, 6) is 0. The second-order valence-corrected chi connectivity index (χ2v) is 3.64. The molecule has 0 radical (unpaired) electrons. The molecule has 0 unspecified atom stereocenters. The van der Waals surface area contributed by atoms with Crippen LogP contribution in [0.15, 0.2) is 15.7 Å². The molecular formula is C9H5N7O2. The summed E-state index contributed by atoms with van der Waals surface area (Å²) in [6.07, 6.45) is 0. The highest BCUT2D eigenvalue weighted by Crippen LogP contribution is 2.12. The normalized spacial score (nSPS) is 10.9. The lowest BCUT2D eigenvalue weighted by Gasteiger charge is -2.02. The van der Waals surface area contributed by atoms with Gasteiger partial charge in [-0.1, -0.05) is 0 Å². The van der Waals surface area contributed by atoms with Crippen molar-refractivity contribution in [2.75, 3.05) is 0 Å². The van der Waals surface area contributed by atoms with Gasteiger partial charge in [-0.3, -0.25) is 14.3 Å². The van der Waals surface area contributed by atoms with Gasteiger partial charge in [0.2, 0.25) is 0 Å². The Morgan fingerprint density at radius 2 is 2.22 bits per heavy atom. The fourth-order valence-electron chi connectivity index (χ4n) is 1.72. The maximum atomic E-state index is 11.9. The van der Waals surface area contributed by atoms with Crippen molar-refractivity contribution in [3.63, 3.8) is 0 Å². The van der Waals surface area contributed by atoms with E-state index in [1.165, 1.54) is 13.1 Å². The fraction of sp³-hybridized carbons (Fsp3) is 0.111. The number of tetrazole rings is 1. The molecule has 3 aromatic rings. The van der Waals surface area contributed by atoms with E-state index < -0.39 is 11.2 Å². The van der Waals surface area contributed by atoms with Crippen molar-refractivity contribution in [2.24, 2.45) is 7.05 Å². The second kappa shape index (κ2) is 3.24. The van der Waals surface area contributed by atoms with Crippen LogP contribution in [0.5, 0.6) is 0 Å². The molecule has 3 aromatic heterocycles. The molecule has 0 spiro atoms. The van der Waals surface area contributed by atoms with Crippen LogP contribution < -0.4 is 11.2 Å². The molecule has 18 heavy (non-hydrogen) atoms. The summed E-state index contributed by atoms with van der Waals surface area (Å²) in [7, 11) is 1.34. The number of hydrogen-bond donors (Lipinski definition) is 1. The van der Waals surface area contributed by atoms with Gasteiger partial charge in [-0.05, 0) is 16.5 Å². The van der Waals surface area contributed by atoms with E-state index in [0.717, 1.165) is 9.08 Å². The Morgan fingerprint density at radius 1 is 1.44 bits per heavy atom. The molecular weight excluding hydrogens is 238 g/mol. The molecule has 0 fully saturated rings. The predicted molar refractivity (Wildman–Crippen MR) is 58.9 cm³/mol. The minimum atomic E-state index is -0.575. The van der Waals surface area contributed by atoms with Gasteiger partial charge in [0.1, 0.15) is 6.07 Å². The van der Waals surface area contributed by atoms with Crippen LogP contribution in [0.4, 0.5) is 0 Å². The lowest BCUT2D eigenvalue weighted by Crippen LogP contribution is -2.33. The van der Waals surface area contributed by atoms with Crippen molar-refractivity contribution < 1.29 is 0 Å². The Balaban J connectivity index is 2.74. The van der Waals surface area contributed by atoms with Crippen LogP contribution in [0, 0.1) is 11.3 Å². The Morgan fingerprint density at radius 3 is 2.94 bits per heavy atom. The number of hydrogen-bond acceptors (Lipinski definition) is 6. The molecule has 0 aliphatic rings. The molecule has 0 bridgehead atoms. The quantitative estimate of drug-likeness (QED) is 0.514. The Labute approximate surface area is 97.9 Å². The van der Waals surface area contributed by atoms with E-state index in [1.807, 2.05) is 6.07 Å². The maximum absolute atomic E-state index is 11.9. The van der Waals surface area contributed by atoms with Gasteiger partial charge in [-0.15, -0.1) is 5.10 Å². The fourth-order valence-corrected chi connectivity index (χ4v) is 1.72. The first-order valence-electron chi connectivity index (χ1n) is 4.87. The van der Waals surface area contributed by atoms with Crippen molar-refractivity contribution >= 4 is 16.7 Å². The number of aromatic amines is 1. The monoisotopic (exact) mass is 243 g/mol. The average molecular weight is 243 g/mol. The molecule has 9 heteroatoms. The third-order valence-corrected chi connectivity index (χ3v) is 2.65. The van der Waals surface area contributed by atoms with Gasteiger partial charge in [-0.2, -0.15) is 9.78 Å². The second-order valence-electron chi connectivity index (χ2n) is 3.64. The standard InChI is InChI=1S/C9H5N7O2/c1-15-8(17)5-2-4(3-10)6-12-13-14-16(6)7(5)11-9(15)18/h2H,1H3,(H,11,18). The number of fused-ring (bicyclic) bond motifs is 3. The van der Waals surface area contributed by atoms with E-state index in [0.29, 0.717) is 0 Å². The highest BCUT2D eigenvalue weighted by molar-refractivity contribution is 5.80. The SMILES string of the molecule is Cn1c(=O)[nH]c2c(cc(C#N)c3nnnn32)c1=O. The first-order valence-corrected chi connectivity index (χ1v) is 4.87. The number of nitrogens with one attached hydrogen (secondary N) is 1. The molecule has 0 amide bonds. The summed E-state index contributed by atoms with van der Waals surface area (Å²) in [6.45, 7) is 0. The molecule has 0 saturated heterocycles. The van der Waals surface area contributed by atoms with E-state index in [4.69, 9.17) is 5.26 Å². The van der Waals surface area contributed by atoms with Crippen molar-refractivity contribution in [3.05, 3.63) is 32.5 Å². The van der Waals surface area contributed by atoms with E-state index in [2.05, 4.69) is 20.5 Å². The zero-order chi connectivity index (χ0) is 12.9. The smallest absolute Gasteiger partial charge is 0.291 e. The molecule has 0 saturated carbocycles. The minimum Gasteiger partial charge on any atom is -0.291 e. The van der Waals surface area contributed by atoms with Crippen LogP contribution in [0.2, 0.25) is 0 Å². The molecule has 9 nitrogen and oxygen atoms in total. The van der Waals surface area contributed by atoms with Gasteiger partial charge in [0.15, 0.2) is 11.3 Å². The van der Waals surface area contributed by atoms with Crippen LogP contribution in [0.25, 0.3) is 16.7 Å². The van der Waals surface area contributed by atoms with Gasteiger partial charge in [0.25, 0.3) is 5.56 Å². The average Bonchev–Trinajstić information content (AvgIpc) is 2.85. The molecule has 1 N–H and O–H groups in total. The van der Waals surface area contributed by atoms with Crippen LogP contribution in [0.3, 0.4) is 0 Å². The third kappa shape index (κ3) is 1.11. The molecule has 0 aliphatic heterocycles. The van der Waals surface area contributed by atoms with Crippen LogP contribution in [-0.2, 0) is 7.05 Å². The first-order chi connectivity index (χ1) is 8.63. The van der Waals surface area contributed by atoms with Gasteiger partial charge in [-0.25, -0.2) is 4.79 Å². The number of rotatable bonds is 0. The van der Waals surface area contributed by atoms with Gasteiger partial charge in [0.05, 0.1) is 10.9 Å². The van der Waals surface area contributed by atoms with E-state index in [-0.39, 0.29) is 22.2 Å². The summed E-state index contributed by atoms with van der Waals surface area (Å²) >= 11 is 0. The Hall–Kier alpha value is -3.02. The Bertz CT molecular complexity index is 940. The predicted octanol–water partition coefficient (Wildman–Crippen LogP) is -1.46. The topological polar surface area (TPSA) is 122 Å². The first kappa shape index (κ1) is 10.2. The Kier molecular flexibility index (Phi) is 1.83. The van der Waals surface area contributed by atoms with Crippen molar-refractivity contribution in [1.29, 1.82) is 5.26 Å². The highest BCUT2D eigenvalue weighted by atomic mass is 16.2. The molecule has 0 atom stereocenters. The largest absolute Gasteiger partial charge is 0.329 e. The molecule has 0 aliphatic carbocycles. The summed E-state index contributed by atoms with van der Waals surface area (Å²) in [5.41, 5.74) is -0.565. The van der Waals surface area contributed by atoms with E-state index >= 15 is 0 Å². The number of pyridine rings is 1. The van der Waals surface area contributed by atoms with Gasteiger partial charge >= 0.3 is 5.69 Å². The number of nitriles is 1. The van der Waals surface area contributed by atoms with Crippen molar-refractivity contribution in [3.8, 4) is 6.07 Å². The zero-order valence-corrected chi connectivity index (χ0v) is 9.08. The summed E-state index contributed by atoms with van der Waals surface area (Å²) < 4.78 is 2.08. The molecule has 88 valence electrons. The van der Waals surface area contributed by atoms with Crippen molar-refractivity contribution in [1.82, 2.24) is 29.6 Å². The lowest BCUT2D eigenvalue weighted by atomic mass is 10.2. The van der Waals surface area contributed by atoms with Gasteiger partial charge < -0.3 is 0 Å². The highest BCUT2D eigenvalue weighted by Gasteiger charge is 2.13. The van der Waals surface area contributed by atoms with E-state index in [1.54, 1.807) is 0 Å². The van der Waals surface area contributed by atoms with Gasteiger partial charge in [0, 0.05) is 7.05 Å². The molecule has 3 heterocycles. The van der Waals surface area contributed by atoms with Crippen LogP contribution >= 0.6 is 0 Å². The minimum absolute atomic E-state index is 0.164.